The Balaban J connectivity index is 1.63. The molecule has 1 saturated carbocycles. The van der Waals surface area contributed by atoms with Gasteiger partial charge in [0.15, 0.2) is 0 Å². The molecule has 2 aromatic rings. The molecular weight excluding hydrogens is 282 g/mol. The van der Waals surface area contributed by atoms with Crippen LogP contribution in [0.1, 0.15) is 36.3 Å². The highest BCUT2D eigenvalue weighted by Gasteiger charge is 2.47. The summed E-state index contributed by atoms with van der Waals surface area (Å²) in [5.41, 5.74) is 2.67. The quantitative estimate of drug-likeness (QED) is 0.853. The Morgan fingerprint density at radius 2 is 1.65 bits per heavy atom. The molecule has 0 N–H and O–H groups in total. The molecule has 1 heterocycles. The zero-order chi connectivity index (χ0) is 15.6. The van der Waals surface area contributed by atoms with E-state index in [2.05, 4.69) is 65.6 Å². The first-order valence-corrected chi connectivity index (χ1v) is 8.68. The predicted octanol–water partition coefficient (Wildman–Crippen LogP) is 4.02. The normalized spacial score (nSPS) is 27.8. The maximum absolute atomic E-state index is 12.6. The summed E-state index contributed by atoms with van der Waals surface area (Å²) in [5, 5.41) is 0. The van der Waals surface area contributed by atoms with Crippen LogP contribution in [0.4, 0.5) is 0 Å². The van der Waals surface area contributed by atoms with E-state index in [1.54, 1.807) is 0 Å². The van der Waals surface area contributed by atoms with Crippen molar-refractivity contribution in [3.05, 3.63) is 71.8 Å². The minimum Gasteiger partial charge on any atom is -0.299 e. The number of carbonyl (C=O) groups is 1. The van der Waals surface area contributed by atoms with Gasteiger partial charge in [0.05, 0.1) is 0 Å². The first-order valence-electron chi connectivity index (χ1n) is 8.68. The molecule has 2 fully saturated rings. The fraction of sp³-hybridized carbons (Fsp3) is 0.381. The maximum Gasteiger partial charge on any atom is 0.138 e. The van der Waals surface area contributed by atoms with Gasteiger partial charge < -0.3 is 0 Å². The Hall–Kier alpha value is -1.93. The predicted molar refractivity (Wildman–Crippen MR) is 92.2 cm³/mol. The van der Waals surface area contributed by atoms with Gasteiger partial charge in [0.1, 0.15) is 5.78 Å². The second-order valence-corrected chi connectivity index (χ2v) is 6.88. The number of hydrogen-bond donors (Lipinski definition) is 0. The van der Waals surface area contributed by atoms with Crippen molar-refractivity contribution < 1.29 is 4.79 Å². The van der Waals surface area contributed by atoms with Crippen molar-refractivity contribution in [2.24, 2.45) is 5.92 Å². The lowest BCUT2D eigenvalue weighted by Gasteiger charge is -2.31. The summed E-state index contributed by atoms with van der Waals surface area (Å²) >= 11 is 0. The Morgan fingerprint density at radius 1 is 0.957 bits per heavy atom. The van der Waals surface area contributed by atoms with Crippen LogP contribution >= 0.6 is 0 Å². The van der Waals surface area contributed by atoms with Gasteiger partial charge in [0.25, 0.3) is 0 Å². The first kappa shape index (κ1) is 14.6. The molecule has 1 aliphatic carbocycles. The minimum atomic E-state index is 0.190. The van der Waals surface area contributed by atoms with Crippen LogP contribution in [0, 0.1) is 5.92 Å². The Morgan fingerprint density at radius 3 is 2.39 bits per heavy atom. The number of likely N-dealkylation sites (tertiary alicyclic amines) is 1. The van der Waals surface area contributed by atoms with Crippen LogP contribution < -0.4 is 0 Å². The van der Waals surface area contributed by atoms with Crippen molar-refractivity contribution in [2.75, 3.05) is 6.54 Å². The van der Waals surface area contributed by atoms with Crippen molar-refractivity contribution in [3.8, 4) is 0 Å². The van der Waals surface area contributed by atoms with E-state index < -0.39 is 0 Å². The summed E-state index contributed by atoms with van der Waals surface area (Å²) in [6.45, 7) is 1.96. The third kappa shape index (κ3) is 2.84. The lowest BCUT2D eigenvalue weighted by molar-refractivity contribution is -0.125. The fourth-order valence-electron chi connectivity index (χ4n) is 4.46. The maximum atomic E-state index is 12.6. The van der Waals surface area contributed by atoms with Gasteiger partial charge in [-0.25, -0.2) is 0 Å². The Bertz CT molecular complexity index is 667. The molecule has 23 heavy (non-hydrogen) atoms. The van der Waals surface area contributed by atoms with Crippen molar-refractivity contribution in [1.82, 2.24) is 4.90 Å². The Kier molecular flexibility index (Phi) is 4.00. The van der Waals surface area contributed by atoms with E-state index in [1.807, 2.05) is 0 Å². The summed E-state index contributed by atoms with van der Waals surface area (Å²) in [7, 11) is 0. The SMILES string of the molecule is O=C1CCC[C@@H]2[C@H]1[C@@H](c1ccccc1)CN2Cc1ccccc1. The molecule has 2 aromatic carbocycles. The Labute approximate surface area is 138 Å². The highest BCUT2D eigenvalue weighted by molar-refractivity contribution is 5.84. The van der Waals surface area contributed by atoms with Gasteiger partial charge in [-0.05, 0) is 24.0 Å². The third-order valence-electron chi connectivity index (χ3n) is 5.50. The first-order chi connectivity index (χ1) is 11.3. The van der Waals surface area contributed by atoms with E-state index in [0.29, 0.717) is 17.7 Å². The molecule has 4 rings (SSSR count). The van der Waals surface area contributed by atoms with E-state index in [9.17, 15) is 4.79 Å². The van der Waals surface area contributed by atoms with Gasteiger partial charge in [-0.2, -0.15) is 0 Å². The second kappa shape index (κ2) is 6.29. The van der Waals surface area contributed by atoms with Crippen LogP contribution in [0.15, 0.2) is 60.7 Å². The molecule has 118 valence electrons. The number of hydrogen-bond acceptors (Lipinski definition) is 2. The molecule has 2 heteroatoms. The van der Waals surface area contributed by atoms with E-state index >= 15 is 0 Å². The van der Waals surface area contributed by atoms with E-state index in [1.165, 1.54) is 11.1 Å². The lowest BCUT2D eigenvalue weighted by Crippen LogP contribution is -2.38. The molecule has 2 nitrogen and oxygen atoms in total. The minimum absolute atomic E-state index is 0.190. The highest BCUT2D eigenvalue weighted by atomic mass is 16.1. The summed E-state index contributed by atoms with van der Waals surface area (Å²) in [6.07, 6.45) is 2.98. The van der Waals surface area contributed by atoms with Crippen LogP contribution in [-0.4, -0.2) is 23.3 Å². The van der Waals surface area contributed by atoms with Gasteiger partial charge in [-0.15, -0.1) is 0 Å². The van der Waals surface area contributed by atoms with Crippen LogP contribution in [0.25, 0.3) is 0 Å². The second-order valence-electron chi connectivity index (χ2n) is 6.88. The molecule has 2 aliphatic rings. The zero-order valence-electron chi connectivity index (χ0n) is 13.4. The average Bonchev–Trinajstić information content (AvgIpc) is 2.97. The number of Topliss-reactive ketones (excluding diaryl/α,β-unsaturated/α-hetero) is 1. The standard InChI is InChI=1S/C21H23NO/c23-20-13-7-12-19-21(20)18(17-10-5-2-6-11-17)15-22(19)14-16-8-3-1-4-9-16/h1-6,8-11,18-19,21H,7,12-15H2/t18-,19-,21-/m1/s1. The summed E-state index contributed by atoms with van der Waals surface area (Å²) in [5.74, 6) is 1.03. The number of rotatable bonds is 3. The molecular formula is C21H23NO. The molecule has 0 amide bonds. The van der Waals surface area contributed by atoms with Crippen LogP contribution in [-0.2, 0) is 11.3 Å². The van der Waals surface area contributed by atoms with E-state index in [0.717, 1.165) is 32.4 Å². The molecule has 0 unspecified atom stereocenters. The van der Waals surface area contributed by atoms with Gasteiger partial charge in [0.2, 0.25) is 0 Å². The summed E-state index contributed by atoms with van der Waals surface area (Å²) in [4.78, 5) is 15.2. The number of carbonyl (C=O) groups excluding carboxylic acids is 1. The fourth-order valence-corrected chi connectivity index (χ4v) is 4.46. The molecule has 0 radical (unpaired) electrons. The summed E-state index contributed by atoms with van der Waals surface area (Å²) < 4.78 is 0. The van der Waals surface area contributed by atoms with Crippen molar-refractivity contribution in [3.63, 3.8) is 0 Å². The highest BCUT2D eigenvalue weighted by Crippen LogP contribution is 2.43. The summed E-state index contributed by atoms with van der Waals surface area (Å²) in [6, 6.07) is 21.7. The topological polar surface area (TPSA) is 20.3 Å². The molecule has 0 bridgehead atoms. The number of ketones is 1. The van der Waals surface area contributed by atoms with Gasteiger partial charge >= 0.3 is 0 Å². The number of benzene rings is 2. The van der Waals surface area contributed by atoms with Gasteiger partial charge in [0, 0.05) is 37.4 Å². The molecule has 0 spiro atoms. The van der Waals surface area contributed by atoms with Crippen LogP contribution in [0.3, 0.4) is 0 Å². The third-order valence-corrected chi connectivity index (χ3v) is 5.50. The van der Waals surface area contributed by atoms with Crippen molar-refractivity contribution in [1.29, 1.82) is 0 Å². The average molecular weight is 305 g/mol. The molecule has 1 aliphatic heterocycles. The smallest absolute Gasteiger partial charge is 0.138 e. The van der Waals surface area contributed by atoms with Crippen molar-refractivity contribution >= 4 is 5.78 Å². The largest absolute Gasteiger partial charge is 0.299 e. The molecule has 1 saturated heterocycles. The monoisotopic (exact) mass is 305 g/mol. The lowest BCUT2D eigenvalue weighted by atomic mass is 9.76. The molecule has 3 atom stereocenters. The number of fused-ring (bicyclic) bond motifs is 1. The zero-order valence-corrected chi connectivity index (χ0v) is 13.4. The van der Waals surface area contributed by atoms with Gasteiger partial charge in [-0.1, -0.05) is 60.7 Å². The van der Waals surface area contributed by atoms with E-state index in [4.69, 9.17) is 0 Å². The molecule has 0 aromatic heterocycles. The number of nitrogens with zero attached hydrogens (tertiary/aromatic N) is 1. The van der Waals surface area contributed by atoms with Crippen LogP contribution in [0.5, 0.6) is 0 Å². The van der Waals surface area contributed by atoms with Crippen molar-refractivity contribution in [2.45, 2.75) is 37.8 Å². The van der Waals surface area contributed by atoms with Crippen LogP contribution in [0.2, 0.25) is 0 Å². The van der Waals surface area contributed by atoms with Gasteiger partial charge in [-0.3, -0.25) is 9.69 Å². The van der Waals surface area contributed by atoms with E-state index in [-0.39, 0.29) is 5.92 Å².